The first kappa shape index (κ1) is 41.5. The Labute approximate surface area is 301 Å². The third-order valence-corrected chi connectivity index (χ3v) is 10.9. The summed E-state index contributed by atoms with van der Waals surface area (Å²) >= 11 is 0. The van der Waals surface area contributed by atoms with Crippen molar-refractivity contribution in [3.05, 3.63) is 0 Å². The molecule has 298 valence electrons. The Kier molecular flexibility index (Phi) is 15.3. The minimum atomic E-state index is -0.903. The van der Waals surface area contributed by atoms with Crippen LogP contribution < -0.4 is 0 Å². The molecule has 0 aromatic heterocycles. The highest BCUT2D eigenvalue weighted by Crippen LogP contribution is 2.36. The fourth-order valence-electron chi connectivity index (χ4n) is 8.02. The monoisotopic (exact) mass is 738 g/mol. The van der Waals surface area contributed by atoms with E-state index < -0.39 is 80.3 Å². The summed E-state index contributed by atoms with van der Waals surface area (Å²) in [5.41, 5.74) is 0. The molecule has 0 bridgehead atoms. The van der Waals surface area contributed by atoms with Gasteiger partial charge >= 0.3 is 0 Å². The predicted octanol–water partition coefficient (Wildman–Crippen LogP) is 1.63. The predicted molar refractivity (Wildman–Crippen MR) is 176 cm³/mol. The third kappa shape index (κ3) is 9.97. The summed E-state index contributed by atoms with van der Waals surface area (Å²) < 4.78 is 84.9. The van der Waals surface area contributed by atoms with E-state index in [1.165, 1.54) is 0 Å². The Bertz CT molecular complexity index is 1040. The molecule has 5 aliphatic rings. The van der Waals surface area contributed by atoms with Crippen LogP contribution in [0.15, 0.2) is 0 Å². The number of hydrogen-bond acceptors (Lipinski definition) is 16. The van der Waals surface area contributed by atoms with E-state index in [4.69, 9.17) is 66.3 Å². The summed E-state index contributed by atoms with van der Waals surface area (Å²) in [5.74, 6) is 0. The van der Waals surface area contributed by atoms with Crippen molar-refractivity contribution in [1.82, 2.24) is 0 Å². The maximum absolute atomic E-state index is 10.4. The lowest BCUT2D eigenvalue weighted by molar-refractivity contribution is -0.351. The number of rotatable bonds is 13. The second kappa shape index (κ2) is 18.8. The van der Waals surface area contributed by atoms with Crippen LogP contribution in [0, 0.1) is 0 Å². The average molecular weight is 739 g/mol. The van der Waals surface area contributed by atoms with Crippen LogP contribution in [0.1, 0.15) is 66.7 Å². The standard InChI is InChI=1S/C35H62O16/c1-16-31(37)21(38-6)12-27(44-16)48-33-18(3)46-29(14-23(33)40-8)50-35-20(5)47-30(15-25(35)42-10)51-34-19(4)45-28(13-24(34)41-9)49-32-17(2)43-26(36)11-22(32)39-7/h16-37H,11-15H2,1-10H3/t16-,17-,18-,19-,20-,21+,22+,23+,24+,25+,26?,27-,28+,29+,30-,31-,32-,33-,34-,35-/m0/s1. The molecule has 0 aromatic rings. The summed E-state index contributed by atoms with van der Waals surface area (Å²) in [6.45, 7) is 9.40. The van der Waals surface area contributed by atoms with Gasteiger partial charge in [0.15, 0.2) is 31.5 Å². The number of ether oxygens (including phenoxy) is 14. The SMILES string of the molecule is CO[C@@H]1C[C@H](O[C@H]2[C@H](C)O[C@H](O[C@H]3[C@H](C)O[C@@H](O[C@H]4[C@H](C)O[C@H](O[C@H]5[C@H](C)OC(O)C[C@H]5OC)C[C@H]4OC)C[C@H]3OC)C[C@H]2OC)O[C@@H](C)[C@@H]1O. The zero-order valence-corrected chi connectivity index (χ0v) is 31.7. The minimum Gasteiger partial charge on any atom is -0.388 e. The minimum absolute atomic E-state index is 0.306. The first-order valence-corrected chi connectivity index (χ1v) is 18.3. The van der Waals surface area contributed by atoms with Gasteiger partial charge in [0.25, 0.3) is 0 Å². The largest absolute Gasteiger partial charge is 0.388 e. The van der Waals surface area contributed by atoms with Crippen LogP contribution in [0.5, 0.6) is 0 Å². The lowest BCUT2D eigenvalue weighted by Gasteiger charge is -2.47. The molecule has 5 rings (SSSR count). The van der Waals surface area contributed by atoms with Crippen molar-refractivity contribution in [2.45, 2.75) is 190 Å². The smallest absolute Gasteiger partial charge is 0.161 e. The molecular weight excluding hydrogens is 676 g/mol. The summed E-state index contributed by atoms with van der Waals surface area (Å²) in [6, 6.07) is 0. The molecule has 0 spiro atoms. The van der Waals surface area contributed by atoms with Gasteiger partial charge in [-0.05, 0) is 34.6 Å². The van der Waals surface area contributed by atoms with Crippen molar-refractivity contribution >= 4 is 0 Å². The van der Waals surface area contributed by atoms with Crippen molar-refractivity contribution in [2.75, 3.05) is 35.5 Å². The Morgan fingerprint density at radius 1 is 0.373 bits per heavy atom. The highest BCUT2D eigenvalue weighted by molar-refractivity contribution is 4.91. The van der Waals surface area contributed by atoms with Gasteiger partial charge in [0.2, 0.25) is 0 Å². The van der Waals surface area contributed by atoms with E-state index in [2.05, 4.69) is 0 Å². The maximum Gasteiger partial charge on any atom is 0.161 e. The molecule has 5 heterocycles. The topological polar surface area (TPSA) is 170 Å². The van der Waals surface area contributed by atoms with E-state index in [0.717, 1.165) is 0 Å². The van der Waals surface area contributed by atoms with Gasteiger partial charge in [0.05, 0.1) is 61.0 Å². The zero-order valence-electron chi connectivity index (χ0n) is 31.7. The van der Waals surface area contributed by atoms with Gasteiger partial charge in [0, 0.05) is 67.7 Å². The summed E-state index contributed by atoms with van der Waals surface area (Å²) in [4.78, 5) is 0. The molecule has 0 aliphatic carbocycles. The van der Waals surface area contributed by atoms with Crippen molar-refractivity contribution in [3.63, 3.8) is 0 Å². The number of hydrogen-bond donors (Lipinski definition) is 2. The van der Waals surface area contributed by atoms with Gasteiger partial charge in [-0.2, -0.15) is 0 Å². The Morgan fingerprint density at radius 3 is 0.980 bits per heavy atom. The molecule has 51 heavy (non-hydrogen) atoms. The average Bonchev–Trinajstić information content (AvgIpc) is 3.10. The van der Waals surface area contributed by atoms with Crippen molar-refractivity contribution in [2.24, 2.45) is 0 Å². The number of aliphatic hydroxyl groups is 2. The molecule has 0 aromatic carbocycles. The van der Waals surface area contributed by atoms with Gasteiger partial charge in [-0.3, -0.25) is 0 Å². The van der Waals surface area contributed by atoms with Gasteiger partial charge in [0.1, 0.15) is 30.5 Å². The highest BCUT2D eigenvalue weighted by atomic mass is 16.8. The summed E-state index contributed by atoms with van der Waals surface area (Å²) in [5, 5.41) is 20.4. The Hall–Kier alpha value is -0.640. The summed E-state index contributed by atoms with van der Waals surface area (Å²) in [6.07, 6.45) is -7.59. The van der Waals surface area contributed by atoms with Crippen LogP contribution in [0.3, 0.4) is 0 Å². The molecule has 5 aliphatic heterocycles. The normalized spacial score (nSPS) is 49.9. The van der Waals surface area contributed by atoms with Gasteiger partial charge < -0.3 is 76.5 Å². The fourth-order valence-corrected chi connectivity index (χ4v) is 8.02. The van der Waals surface area contributed by atoms with E-state index >= 15 is 0 Å². The Balaban J connectivity index is 1.14. The molecule has 0 saturated carbocycles. The maximum atomic E-state index is 10.4. The van der Waals surface area contributed by atoms with Gasteiger partial charge in [-0.15, -0.1) is 0 Å². The highest BCUT2D eigenvalue weighted by Gasteiger charge is 2.48. The fraction of sp³-hybridized carbons (Fsp3) is 1.00. The molecule has 5 saturated heterocycles. The lowest BCUT2D eigenvalue weighted by Crippen LogP contribution is -2.58. The van der Waals surface area contributed by atoms with E-state index in [-0.39, 0.29) is 42.7 Å². The Morgan fingerprint density at radius 2 is 0.647 bits per heavy atom. The van der Waals surface area contributed by atoms with Crippen molar-refractivity contribution in [1.29, 1.82) is 0 Å². The van der Waals surface area contributed by atoms with E-state index in [1.54, 1.807) is 42.5 Å². The molecule has 20 atom stereocenters. The van der Waals surface area contributed by atoms with Crippen LogP contribution in [0.25, 0.3) is 0 Å². The summed E-state index contributed by atoms with van der Waals surface area (Å²) in [7, 11) is 8.08. The van der Waals surface area contributed by atoms with Crippen molar-refractivity contribution < 1.29 is 76.5 Å². The first-order valence-electron chi connectivity index (χ1n) is 18.3. The second-order valence-corrected chi connectivity index (χ2v) is 14.3. The van der Waals surface area contributed by atoms with E-state index in [0.29, 0.717) is 32.1 Å². The third-order valence-electron chi connectivity index (χ3n) is 10.9. The van der Waals surface area contributed by atoms with Crippen LogP contribution in [0.2, 0.25) is 0 Å². The van der Waals surface area contributed by atoms with E-state index in [9.17, 15) is 10.2 Å². The van der Waals surface area contributed by atoms with Crippen LogP contribution in [-0.2, 0) is 66.3 Å². The molecule has 16 nitrogen and oxygen atoms in total. The van der Waals surface area contributed by atoms with E-state index in [1.807, 2.05) is 27.7 Å². The van der Waals surface area contributed by atoms with Gasteiger partial charge in [-0.25, -0.2) is 0 Å². The van der Waals surface area contributed by atoms with Gasteiger partial charge in [-0.1, -0.05) is 0 Å². The van der Waals surface area contributed by atoms with Crippen LogP contribution >= 0.6 is 0 Å². The molecule has 1 unspecified atom stereocenters. The molecule has 16 heteroatoms. The second-order valence-electron chi connectivity index (χ2n) is 14.3. The van der Waals surface area contributed by atoms with Crippen LogP contribution in [-0.4, -0.2) is 169 Å². The molecular formula is C35H62O16. The first-order chi connectivity index (χ1) is 24.4. The number of aliphatic hydroxyl groups excluding tert-OH is 2. The quantitative estimate of drug-likeness (QED) is 0.279. The van der Waals surface area contributed by atoms with Crippen LogP contribution in [0.4, 0.5) is 0 Å². The molecule has 5 fully saturated rings. The molecule has 0 amide bonds. The zero-order chi connectivity index (χ0) is 37.0. The molecule has 0 radical (unpaired) electrons. The number of methoxy groups -OCH3 is 5. The lowest BCUT2D eigenvalue weighted by atomic mass is 9.98. The van der Waals surface area contributed by atoms with Crippen molar-refractivity contribution in [3.8, 4) is 0 Å². The molecule has 2 N–H and O–H groups in total.